The molecule has 120 valence electrons. The minimum atomic E-state index is -4.40. The van der Waals surface area contributed by atoms with E-state index in [1.807, 2.05) is 0 Å². The number of anilines is 2. The Morgan fingerprint density at radius 1 is 1.29 bits per heavy atom. The first-order valence-electron chi connectivity index (χ1n) is 6.40. The number of aliphatic hydroxyl groups excluding tert-OH is 1. The maximum atomic E-state index is 12.6. The Morgan fingerprint density at radius 3 is 2.38 bits per heavy atom. The van der Waals surface area contributed by atoms with Crippen molar-refractivity contribution in [2.45, 2.75) is 32.5 Å². The Kier molecular flexibility index (Phi) is 5.27. The molecule has 8 heteroatoms. The van der Waals surface area contributed by atoms with Crippen molar-refractivity contribution in [3.63, 3.8) is 0 Å². The number of nitrogens with zero attached hydrogens (tertiary/aromatic N) is 2. The number of rotatable bonds is 5. The first-order chi connectivity index (χ1) is 9.52. The summed E-state index contributed by atoms with van der Waals surface area (Å²) in [6, 6.07) is 2.80. The number of alkyl halides is 3. The van der Waals surface area contributed by atoms with Crippen molar-refractivity contribution < 1.29 is 23.0 Å². The van der Waals surface area contributed by atoms with Gasteiger partial charge in [-0.1, -0.05) is 0 Å². The molecule has 0 saturated heterocycles. The fourth-order valence-corrected chi connectivity index (χ4v) is 1.60. The molecule has 0 saturated carbocycles. The second-order valence-corrected chi connectivity index (χ2v) is 5.54. The third-order valence-electron chi connectivity index (χ3n) is 2.34. The van der Waals surface area contributed by atoms with Gasteiger partial charge in [-0.15, -0.1) is 0 Å². The lowest BCUT2D eigenvalue weighted by atomic mass is 10.2. The number of ether oxygens (including phenoxy) is 1. The SMILES string of the molecule is CC(C)(C)Oc1nc(N(CCO)CC(F)(F)F)ccc1N. The van der Waals surface area contributed by atoms with E-state index in [9.17, 15) is 13.2 Å². The van der Waals surface area contributed by atoms with Crippen LogP contribution in [0.1, 0.15) is 20.8 Å². The Hall–Kier alpha value is -1.70. The lowest BCUT2D eigenvalue weighted by Crippen LogP contribution is -2.37. The summed E-state index contributed by atoms with van der Waals surface area (Å²) in [5, 5.41) is 8.91. The zero-order valence-electron chi connectivity index (χ0n) is 12.2. The second kappa shape index (κ2) is 6.38. The van der Waals surface area contributed by atoms with Crippen molar-refractivity contribution in [2.24, 2.45) is 0 Å². The molecule has 0 aromatic carbocycles. The van der Waals surface area contributed by atoms with E-state index in [0.29, 0.717) is 0 Å². The molecule has 0 atom stereocenters. The van der Waals surface area contributed by atoms with E-state index in [1.165, 1.54) is 12.1 Å². The molecule has 0 aliphatic heterocycles. The number of aromatic nitrogens is 1. The molecule has 0 amide bonds. The molecule has 0 aliphatic carbocycles. The quantitative estimate of drug-likeness (QED) is 0.872. The first-order valence-corrected chi connectivity index (χ1v) is 6.40. The number of nitrogens with two attached hydrogens (primary N) is 1. The van der Waals surface area contributed by atoms with E-state index in [-0.39, 0.29) is 23.9 Å². The molecule has 0 bridgehead atoms. The topological polar surface area (TPSA) is 71.6 Å². The minimum Gasteiger partial charge on any atom is -0.470 e. The third kappa shape index (κ3) is 6.07. The summed E-state index contributed by atoms with van der Waals surface area (Å²) in [5.41, 5.74) is 5.38. The number of hydrogen-bond acceptors (Lipinski definition) is 5. The predicted octanol–water partition coefficient (Wildman–Crippen LogP) is 2.20. The summed E-state index contributed by atoms with van der Waals surface area (Å²) in [6.45, 7) is 3.52. The van der Waals surface area contributed by atoms with E-state index >= 15 is 0 Å². The van der Waals surface area contributed by atoms with Gasteiger partial charge in [0.05, 0.1) is 12.3 Å². The minimum absolute atomic E-state index is 0.0508. The smallest absolute Gasteiger partial charge is 0.405 e. The highest BCUT2D eigenvalue weighted by Gasteiger charge is 2.31. The maximum Gasteiger partial charge on any atom is 0.405 e. The van der Waals surface area contributed by atoms with Crippen LogP contribution >= 0.6 is 0 Å². The van der Waals surface area contributed by atoms with E-state index in [1.54, 1.807) is 20.8 Å². The molecule has 1 aromatic rings. The van der Waals surface area contributed by atoms with Gasteiger partial charge >= 0.3 is 6.18 Å². The van der Waals surface area contributed by atoms with Crippen LogP contribution in [0, 0.1) is 0 Å². The molecule has 0 radical (unpaired) electrons. The molecule has 5 nitrogen and oxygen atoms in total. The normalized spacial score (nSPS) is 12.3. The zero-order chi connectivity index (χ0) is 16.3. The molecule has 1 heterocycles. The van der Waals surface area contributed by atoms with Crippen LogP contribution in [0.5, 0.6) is 5.88 Å². The standard InChI is InChI=1S/C13H20F3N3O2/c1-12(2,3)21-11-9(17)4-5-10(18-11)19(6-7-20)8-13(14,15)16/h4-5,20H,6-8,17H2,1-3H3. The fraction of sp³-hybridized carbons (Fsp3) is 0.615. The average molecular weight is 307 g/mol. The summed E-state index contributed by atoms with van der Waals surface area (Å²) in [6.07, 6.45) is -4.40. The Labute approximate surface area is 121 Å². The summed E-state index contributed by atoms with van der Waals surface area (Å²) in [4.78, 5) is 4.95. The number of aliphatic hydroxyl groups is 1. The van der Waals surface area contributed by atoms with Gasteiger partial charge in [0.25, 0.3) is 0 Å². The molecule has 0 aliphatic rings. The number of halogens is 3. The summed E-state index contributed by atoms with van der Waals surface area (Å²) < 4.78 is 43.2. The lowest BCUT2D eigenvalue weighted by molar-refractivity contribution is -0.120. The van der Waals surface area contributed by atoms with Crippen LogP contribution in [-0.4, -0.2) is 41.6 Å². The van der Waals surface area contributed by atoms with Gasteiger partial charge in [0, 0.05) is 6.54 Å². The van der Waals surface area contributed by atoms with Crippen LogP contribution in [0.2, 0.25) is 0 Å². The van der Waals surface area contributed by atoms with Crippen LogP contribution in [0.15, 0.2) is 12.1 Å². The van der Waals surface area contributed by atoms with Crippen molar-refractivity contribution in [1.82, 2.24) is 4.98 Å². The molecule has 1 aromatic heterocycles. The van der Waals surface area contributed by atoms with Gasteiger partial charge in [-0.05, 0) is 32.9 Å². The van der Waals surface area contributed by atoms with Crippen molar-refractivity contribution in [3.8, 4) is 5.88 Å². The highest BCUT2D eigenvalue weighted by Crippen LogP contribution is 2.28. The average Bonchev–Trinajstić information content (AvgIpc) is 2.28. The van der Waals surface area contributed by atoms with E-state index in [2.05, 4.69) is 4.98 Å². The van der Waals surface area contributed by atoms with Gasteiger partial charge < -0.3 is 20.5 Å². The zero-order valence-corrected chi connectivity index (χ0v) is 12.2. The second-order valence-electron chi connectivity index (χ2n) is 5.54. The molecule has 21 heavy (non-hydrogen) atoms. The van der Waals surface area contributed by atoms with Gasteiger partial charge in [0.15, 0.2) is 0 Å². The first kappa shape index (κ1) is 17.4. The Balaban J connectivity index is 3.06. The van der Waals surface area contributed by atoms with E-state index in [0.717, 1.165) is 4.90 Å². The van der Waals surface area contributed by atoms with Gasteiger partial charge in [0.1, 0.15) is 18.0 Å². The van der Waals surface area contributed by atoms with Crippen molar-refractivity contribution >= 4 is 11.5 Å². The van der Waals surface area contributed by atoms with Crippen LogP contribution in [0.4, 0.5) is 24.7 Å². The van der Waals surface area contributed by atoms with Gasteiger partial charge in [0.2, 0.25) is 5.88 Å². The van der Waals surface area contributed by atoms with Crippen molar-refractivity contribution in [1.29, 1.82) is 0 Å². The van der Waals surface area contributed by atoms with E-state index in [4.69, 9.17) is 15.6 Å². The molecule has 0 unspecified atom stereocenters. The molecular formula is C13H20F3N3O2. The maximum absolute atomic E-state index is 12.6. The number of nitrogen functional groups attached to an aromatic ring is 1. The highest BCUT2D eigenvalue weighted by molar-refractivity contribution is 5.54. The third-order valence-corrected chi connectivity index (χ3v) is 2.34. The Morgan fingerprint density at radius 2 is 1.90 bits per heavy atom. The van der Waals surface area contributed by atoms with Gasteiger partial charge in [-0.25, -0.2) is 0 Å². The monoisotopic (exact) mass is 307 g/mol. The number of pyridine rings is 1. The molecule has 3 N–H and O–H groups in total. The lowest BCUT2D eigenvalue weighted by Gasteiger charge is -2.26. The van der Waals surface area contributed by atoms with Gasteiger partial charge in [-0.2, -0.15) is 18.2 Å². The van der Waals surface area contributed by atoms with Gasteiger partial charge in [-0.3, -0.25) is 0 Å². The van der Waals surface area contributed by atoms with Crippen molar-refractivity contribution in [2.75, 3.05) is 30.3 Å². The highest BCUT2D eigenvalue weighted by atomic mass is 19.4. The molecule has 1 rings (SSSR count). The van der Waals surface area contributed by atoms with Crippen LogP contribution in [-0.2, 0) is 0 Å². The largest absolute Gasteiger partial charge is 0.470 e. The molecule has 0 spiro atoms. The summed E-state index contributed by atoms with van der Waals surface area (Å²) >= 11 is 0. The van der Waals surface area contributed by atoms with Crippen LogP contribution < -0.4 is 15.4 Å². The van der Waals surface area contributed by atoms with Crippen LogP contribution in [0.3, 0.4) is 0 Å². The summed E-state index contributed by atoms with van der Waals surface area (Å²) in [5.74, 6) is 0.125. The van der Waals surface area contributed by atoms with Crippen LogP contribution in [0.25, 0.3) is 0 Å². The van der Waals surface area contributed by atoms with Crippen molar-refractivity contribution in [3.05, 3.63) is 12.1 Å². The fourth-order valence-electron chi connectivity index (χ4n) is 1.60. The number of hydrogen-bond donors (Lipinski definition) is 2. The molecule has 0 fully saturated rings. The Bertz CT molecular complexity index is 473. The molecular weight excluding hydrogens is 287 g/mol. The summed E-state index contributed by atoms with van der Waals surface area (Å²) in [7, 11) is 0. The predicted molar refractivity (Wildman–Crippen MR) is 74.4 cm³/mol. The van der Waals surface area contributed by atoms with E-state index < -0.39 is 24.9 Å².